The van der Waals surface area contributed by atoms with Gasteiger partial charge in [0.2, 0.25) is 0 Å². The van der Waals surface area contributed by atoms with Gasteiger partial charge in [-0.15, -0.1) is 0 Å². The Balaban J connectivity index is 1.21. The molecule has 0 amide bonds. The smallest absolute Gasteiger partial charge is 0.0561 e. The molecule has 372 valence electrons. The van der Waals surface area contributed by atoms with Gasteiger partial charge in [-0.05, 0) is 134 Å². The lowest BCUT2D eigenvalue weighted by Crippen LogP contribution is -2.18. The van der Waals surface area contributed by atoms with Crippen molar-refractivity contribution < 1.29 is 0 Å². The lowest BCUT2D eigenvalue weighted by molar-refractivity contribution is 0.591. The topological polar surface area (TPSA) is 9.72 Å². The van der Waals surface area contributed by atoms with E-state index in [0.717, 1.165) is 95.7 Å². The number of para-hydroxylation sites is 2. The second kappa shape index (κ2) is 18.8. The predicted octanol–water partition coefficient (Wildman–Crippen LogP) is 21.6. The summed E-state index contributed by atoms with van der Waals surface area (Å²) in [6, 6.07) is 102. The molecule has 13 aromatic rings. The lowest BCUT2D eigenvalue weighted by Gasteiger charge is -2.36. The summed E-state index contributed by atoms with van der Waals surface area (Å²) in [4.78, 5) is 7.60. The van der Waals surface area contributed by atoms with Crippen LogP contribution in [0.1, 0.15) is 31.9 Å². The van der Waals surface area contributed by atoms with Crippen LogP contribution in [0.2, 0.25) is 0 Å². The summed E-state index contributed by atoms with van der Waals surface area (Å²) in [5.74, 6) is 0. The Kier molecular flexibility index (Phi) is 11.3. The number of fused-ring (bicyclic) bond motifs is 8. The molecule has 0 spiro atoms. The highest BCUT2D eigenvalue weighted by Crippen LogP contribution is 2.55. The van der Waals surface area contributed by atoms with E-state index in [1.807, 2.05) is 0 Å². The van der Waals surface area contributed by atoms with Gasteiger partial charge in [-0.2, -0.15) is 0 Å². The number of benzene rings is 13. The van der Waals surface area contributed by atoms with Crippen LogP contribution in [0, 0.1) is 6.92 Å². The van der Waals surface area contributed by atoms with E-state index < -0.39 is 0 Å². The molecule has 3 heteroatoms. The minimum absolute atomic E-state index is 0.0418. The highest BCUT2D eigenvalue weighted by atomic mass is 15.2. The van der Waals surface area contributed by atoms with Crippen LogP contribution in [0.5, 0.6) is 0 Å². The Morgan fingerprint density at radius 3 is 1.08 bits per heavy atom. The highest BCUT2D eigenvalue weighted by molar-refractivity contribution is 6.29. The van der Waals surface area contributed by atoms with Gasteiger partial charge in [0.25, 0.3) is 0 Å². The van der Waals surface area contributed by atoms with Crippen LogP contribution in [0.4, 0.5) is 51.2 Å². The Bertz CT molecular complexity index is 4110. The van der Waals surface area contributed by atoms with Crippen molar-refractivity contribution >= 4 is 83.5 Å². The van der Waals surface area contributed by atoms with Gasteiger partial charge in [0, 0.05) is 55.7 Å². The minimum Gasteiger partial charge on any atom is -0.310 e. The molecule has 6 bridgehead atoms. The molecule has 0 unspecified atom stereocenters. The Morgan fingerprint density at radius 2 is 0.654 bits per heavy atom. The molecule has 0 aliphatic carbocycles. The SMILES string of the molecule is Cc1ccc(N2c3cc(-c4ccccc4)cc(c3)N(c3ccccc3-c3ccccc3)c3cc(c4ccc5cc(C(C)(C)C)cc6ccc3c4c65)N(c3ccccc3-c3ccccc3)c3cc(-c4ccccc4)cc2c3)cc1. The van der Waals surface area contributed by atoms with E-state index in [0.29, 0.717) is 0 Å². The third kappa shape index (κ3) is 8.15. The summed E-state index contributed by atoms with van der Waals surface area (Å²) in [5, 5.41) is 7.33. The van der Waals surface area contributed by atoms with Crippen molar-refractivity contribution in [3.63, 3.8) is 0 Å². The number of anilines is 9. The fraction of sp³-hybridized carbons (Fsp3) is 0.0667. The van der Waals surface area contributed by atoms with Crippen LogP contribution in [-0.4, -0.2) is 0 Å². The van der Waals surface area contributed by atoms with Crippen molar-refractivity contribution in [2.75, 3.05) is 14.7 Å². The normalized spacial score (nSPS) is 12.5. The predicted molar refractivity (Wildman–Crippen MR) is 333 cm³/mol. The zero-order chi connectivity index (χ0) is 52.5. The maximum Gasteiger partial charge on any atom is 0.0561 e. The molecule has 3 nitrogen and oxygen atoms in total. The van der Waals surface area contributed by atoms with Crippen molar-refractivity contribution in [1.82, 2.24) is 0 Å². The van der Waals surface area contributed by atoms with Gasteiger partial charge in [0.1, 0.15) is 0 Å². The van der Waals surface area contributed by atoms with Crippen molar-refractivity contribution in [2.45, 2.75) is 33.1 Å². The van der Waals surface area contributed by atoms with E-state index in [1.165, 1.54) is 43.4 Å². The van der Waals surface area contributed by atoms with Gasteiger partial charge in [-0.1, -0.05) is 233 Å². The van der Waals surface area contributed by atoms with E-state index in [2.05, 4.69) is 315 Å². The quantitative estimate of drug-likeness (QED) is 0.147. The van der Waals surface area contributed by atoms with Gasteiger partial charge < -0.3 is 14.7 Å². The average molecular weight is 1000 g/mol. The number of nitrogens with zero attached hydrogens (tertiary/aromatic N) is 3. The van der Waals surface area contributed by atoms with Gasteiger partial charge >= 0.3 is 0 Å². The summed E-state index contributed by atoms with van der Waals surface area (Å²) in [6.07, 6.45) is 0. The summed E-state index contributed by atoms with van der Waals surface area (Å²) in [5.41, 5.74) is 21.1. The second-order valence-corrected chi connectivity index (χ2v) is 21.9. The molecule has 13 aromatic carbocycles. The van der Waals surface area contributed by atoms with E-state index >= 15 is 0 Å². The molecule has 0 N–H and O–H groups in total. The van der Waals surface area contributed by atoms with E-state index in [-0.39, 0.29) is 5.41 Å². The van der Waals surface area contributed by atoms with Gasteiger partial charge in [0.05, 0.1) is 22.7 Å². The first kappa shape index (κ1) is 46.8. The van der Waals surface area contributed by atoms with Crippen LogP contribution < -0.4 is 14.7 Å². The molecule has 1 aliphatic rings. The Morgan fingerprint density at radius 1 is 0.269 bits per heavy atom. The standard InChI is InChI=1S/C75H57N3/c1-50-33-37-60(38-34-50)76-61-43-57(51-21-9-5-10-22-51)45-63(47-61)77(69-31-19-17-29-65(69)53-25-13-7-14-26-53)71-49-72(68-40-36-56-42-59(75(2,3)4)41-55-35-39-67(71)74(68)73(55)56)78(70-32-20-18-30-66(70)54-27-15-8-16-28-54)64-46-58(44-62(76)48-64)52-23-11-6-12-24-52/h5-49H,1-4H3. The summed E-state index contributed by atoms with van der Waals surface area (Å²) >= 11 is 0. The van der Waals surface area contributed by atoms with Gasteiger partial charge in [0.15, 0.2) is 0 Å². The summed E-state index contributed by atoms with van der Waals surface area (Å²) in [7, 11) is 0. The number of rotatable bonds is 7. The van der Waals surface area contributed by atoms with Crippen LogP contribution in [-0.2, 0) is 5.41 Å². The van der Waals surface area contributed by atoms with Crippen LogP contribution in [0.15, 0.2) is 273 Å². The molecule has 14 rings (SSSR count). The molecule has 0 saturated carbocycles. The molecule has 0 aromatic heterocycles. The fourth-order valence-electron chi connectivity index (χ4n) is 12.0. The van der Waals surface area contributed by atoms with Crippen LogP contribution in [0.25, 0.3) is 76.8 Å². The molecule has 0 saturated heterocycles. The van der Waals surface area contributed by atoms with Crippen LogP contribution >= 0.6 is 0 Å². The van der Waals surface area contributed by atoms with E-state index in [1.54, 1.807) is 0 Å². The third-order valence-corrected chi connectivity index (χ3v) is 15.8. The molecule has 1 aliphatic heterocycles. The molecule has 0 radical (unpaired) electrons. The maximum atomic E-state index is 2.56. The molecule has 78 heavy (non-hydrogen) atoms. The van der Waals surface area contributed by atoms with Gasteiger partial charge in [-0.3, -0.25) is 0 Å². The maximum absolute atomic E-state index is 2.56. The zero-order valence-electron chi connectivity index (χ0n) is 44.3. The summed E-state index contributed by atoms with van der Waals surface area (Å²) in [6.45, 7) is 9.13. The average Bonchev–Trinajstić information content (AvgIpc) is 2.94. The first-order valence-electron chi connectivity index (χ1n) is 27.1. The largest absolute Gasteiger partial charge is 0.310 e. The van der Waals surface area contributed by atoms with Crippen molar-refractivity contribution in [2.24, 2.45) is 0 Å². The number of hydrogen-bond donors (Lipinski definition) is 0. The monoisotopic (exact) mass is 999 g/mol. The fourth-order valence-corrected chi connectivity index (χ4v) is 12.0. The van der Waals surface area contributed by atoms with Crippen molar-refractivity contribution in [3.05, 3.63) is 284 Å². The Labute approximate surface area is 457 Å². The van der Waals surface area contributed by atoms with Gasteiger partial charge in [-0.25, -0.2) is 0 Å². The number of aryl methyl sites for hydroxylation is 1. The number of hydrogen-bond acceptors (Lipinski definition) is 3. The van der Waals surface area contributed by atoms with Crippen molar-refractivity contribution in [1.29, 1.82) is 0 Å². The first-order valence-corrected chi connectivity index (χ1v) is 27.1. The van der Waals surface area contributed by atoms with E-state index in [9.17, 15) is 0 Å². The minimum atomic E-state index is -0.0418. The molecule has 0 atom stereocenters. The van der Waals surface area contributed by atoms with Crippen LogP contribution in [0.3, 0.4) is 0 Å². The third-order valence-electron chi connectivity index (χ3n) is 15.8. The molecule has 1 heterocycles. The first-order chi connectivity index (χ1) is 38.2. The van der Waals surface area contributed by atoms with Crippen molar-refractivity contribution in [3.8, 4) is 44.5 Å². The summed E-state index contributed by atoms with van der Waals surface area (Å²) < 4.78 is 0. The second-order valence-electron chi connectivity index (χ2n) is 21.9. The zero-order valence-corrected chi connectivity index (χ0v) is 44.3. The lowest BCUT2D eigenvalue weighted by atomic mass is 9.83. The Hall–Kier alpha value is -9.70. The molecular weight excluding hydrogens is 943 g/mol. The molecule has 0 fully saturated rings. The van der Waals surface area contributed by atoms with E-state index in [4.69, 9.17) is 0 Å². The molecular formula is C75H57N3. The highest BCUT2D eigenvalue weighted by Gasteiger charge is 2.30.